The van der Waals surface area contributed by atoms with Crippen LogP contribution in [0.5, 0.6) is 0 Å². The summed E-state index contributed by atoms with van der Waals surface area (Å²) >= 11 is 2.99. The van der Waals surface area contributed by atoms with Crippen molar-refractivity contribution in [3.8, 4) is 0 Å². The number of carbonyl (C=O) groups excluding carboxylic acids is 1. The van der Waals surface area contributed by atoms with Gasteiger partial charge < -0.3 is 10.4 Å². The van der Waals surface area contributed by atoms with Gasteiger partial charge in [0.25, 0.3) is 0 Å². The van der Waals surface area contributed by atoms with Crippen LogP contribution in [0.4, 0.5) is 5.69 Å². The summed E-state index contributed by atoms with van der Waals surface area (Å²) in [7, 11) is 0. The minimum absolute atomic E-state index is 0.0104. The largest absolute Gasteiger partial charge is 0.478 e. The first-order chi connectivity index (χ1) is 6.50. The van der Waals surface area contributed by atoms with E-state index in [1.54, 1.807) is 0 Å². The lowest BCUT2D eigenvalue weighted by Gasteiger charge is -2.03. The molecule has 1 rings (SSSR count). The maximum absolute atomic E-state index is 10.7. The number of halogens is 1. The molecule has 0 bridgehead atoms. The molecule has 6 heteroatoms. The lowest BCUT2D eigenvalue weighted by Crippen LogP contribution is -2.08. The Morgan fingerprint density at radius 3 is 2.71 bits per heavy atom. The van der Waals surface area contributed by atoms with Crippen molar-refractivity contribution in [1.29, 1.82) is 0 Å². The van der Waals surface area contributed by atoms with Gasteiger partial charge in [0.1, 0.15) is 4.60 Å². The van der Waals surface area contributed by atoms with E-state index in [4.69, 9.17) is 5.11 Å². The summed E-state index contributed by atoms with van der Waals surface area (Å²) in [6.07, 6.45) is 1.37. The van der Waals surface area contributed by atoms with E-state index in [2.05, 4.69) is 26.2 Å². The van der Waals surface area contributed by atoms with Crippen LogP contribution in [0.2, 0.25) is 0 Å². The first kappa shape index (κ1) is 10.6. The number of aromatic nitrogens is 1. The normalized spacial score (nSPS) is 9.57. The quantitative estimate of drug-likeness (QED) is 0.789. The molecule has 0 fully saturated rings. The smallest absolute Gasteiger partial charge is 0.338 e. The monoisotopic (exact) mass is 258 g/mol. The van der Waals surface area contributed by atoms with Crippen molar-refractivity contribution in [2.24, 2.45) is 0 Å². The molecule has 5 nitrogen and oxygen atoms in total. The van der Waals surface area contributed by atoms with E-state index in [1.165, 1.54) is 19.2 Å². The van der Waals surface area contributed by atoms with Crippen molar-refractivity contribution in [1.82, 2.24) is 4.98 Å². The Kier molecular flexibility index (Phi) is 3.19. The Bertz CT molecular complexity index is 392. The van der Waals surface area contributed by atoms with Crippen LogP contribution < -0.4 is 5.32 Å². The molecule has 0 saturated carbocycles. The van der Waals surface area contributed by atoms with Gasteiger partial charge in [-0.1, -0.05) is 0 Å². The molecule has 74 valence electrons. The highest BCUT2D eigenvalue weighted by molar-refractivity contribution is 9.10. The summed E-state index contributed by atoms with van der Waals surface area (Å²) in [5.74, 6) is -1.37. The number of pyridine rings is 1. The molecule has 0 atom stereocenters. The molecule has 0 unspecified atom stereocenters. The molecule has 0 aromatic carbocycles. The third kappa shape index (κ3) is 2.53. The molecule has 1 aromatic rings. The fourth-order valence-corrected chi connectivity index (χ4v) is 1.26. The molecule has 1 heterocycles. The fraction of sp³-hybridized carbons (Fsp3) is 0.125. The lowest BCUT2D eigenvalue weighted by molar-refractivity contribution is -0.114. The molecule has 14 heavy (non-hydrogen) atoms. The second-order valence-corrected chi connectivity index (χ2v) is 3.30. The Balaban J connectivity index is 3.06. The number of carbonyl (C=O) groups is 2. The Morgan fingerprint density at radius 1 is 1.57 bits per heavy atom. The SMILES string of the molecule is CC(=O)Nc1cnc(Br)c(C(=O)O)c1. The summed E-state index contributed by atoms with van der Waals surface area (Å²) < 4.78 is 0.235. The van der Waals surface area contributed by atoms with Gasteiger partial charge in [-0.2, -0.15) is 0 Å². The first-order valence-electron chi connectivity index (χ1n) is 3.67. The van der Waals surface area contributed by atoms with Gasteiger partial charge in [0.05, 0.1) is 17.4 Å². The summed E-state index contributed by atoms with van der Waals surface area (Å²) in [4.78, 5) is 25.1. The number of rotatable bonds is 2. The van der Waals surface area contributed by atoms with Gasteiger partial charge in [-0.3, -0.25) is 4.79 Å². The van der Waals surface area contributed by atoms with Gasteiger partial charge in [-0.15, -0.1) is 0 Å². The van der Waals surface area contributed by atoms with Crippen LogP contribution >= 0.6 is 15.9 Å². The molecular formula is C8H7BrN2O3. The van der Waals surface area contributed by atoms with Crippen LogP contribution in [0.25, 0.3) is 0 Å². The number of aromatic carboxylic acids is 1. The zero-order chi connectivity index (χ0) is 10.7. The van der Waals surface area contributed by atoms with E-state index >= 15 is 0 Å². The molecule has 0 aliphatic carbocycles. The van der Waals surface area contributed by atoms with Crippen molar-refractivity contribution in [2.45, 2.75) is 6.92 Å². The molecule has 0 radical (unpaired) electrons. The maximum atomic E-state index is 10.7. The van der Waals surface area contributed by atoms with Gasteiger partial charge in [0.15, 0.2) is 0 Å². The van der Waals surface area contributed by atoms with Crippen molar-refractivity contribution in [3.63, 3.8) is 0 Å². The summed E-state index contributed by atoms with van der Waals surface area (Å²) in [6.45, 7) is 1.34. The summed E-state index contributed by atoms with van der Waals surface area (Å²) in [6, 6.07) is 1.33. The third-order valence-electron chi connectivity index (χ3n) is 1.39. The Hall–Kier alpha value is -1.43. The molecule has 0 aliphatic rings. The number of carboxylic acid groups (broad SMARTS) is 1. The maximum Gasteiger partial charge on any atom is 0.338 e. The number of carboxylic acids is 1. The number of amides is 1. The van der Waals surface area contributed by atoms with Crippen molar-refractivity contribution in [2.75, 3.05) is 5.32 Å². The second kappa shape index (κ2) is 4.19. The molecular weight excluding hydrogens is 252 g/mol. The number of nitrogens with zero attached hydrogens (tertiary/aromatic N) is 1. The van der Waals surface area contributed by atoms with Gasteiger partial charge in [0.2, 0.25) is 5.91 Å². The second-order valence-electron chi connectivity index (χ2n) is 2.55. The van der Waals surface area contributed by atoms with Gasteiger partial charge in [-0.05, 0) is 22.0 Å². The summed E-state index contributed by atoms with van der Waals surface area (Å²) in [5.41, 5.74) is 0.370. The molecule has 1 amide bonds. The number of hydrogen-bond acceptors (Lipinski definition) is 3. The van der Waals surface area contributed by atoms with Crippen molar-refractivity contribution >= 4 is 33.5 Å². The van der Waals surface area contributed by atoms with Crippen LogP contribution in [0.15, 0.2) is 16.9 Å². The Morgan fingerprint density at radius 2 is 2.21 bits per heavy atom. The van der Waals surface area contributed by atoms with E-state index in [9.17, 15) is 9.59 Å². The highest BCUT2D eigenvalue weighted by Gasteiger charge is 2.10. The Labute approximate surface area is 88.3 Å². The summed E-state index contributed by atoms with van der Waals surface area (Å²) in [5, 5.41) is 11.2. The van der Waals surface area contributed by atoms with Crippen molar-refractivity contribution < 1.29 is 14.7 Å². The van der Waals surface area contributed by atoms with Crippen LogP contribution in [0.1, 0.15) is 17.3 Å². The van der Waals surface area contributed by atoms with Crippen LogP contribution in [-0.4, -0.2) is 22.0 Å². The molecule has 1 aromatic heterocycles. The number of anilines is 1. The van der Waals surface area contributed by atoms with E-state index in [-0.39, 0.29) is 16.1 Å². The predicted molar refractivity (Wildman–Crippen MR) is 53.2 cm³/mol. The van der Waals surface area contributed by atoms with Crippen LogP contribution in [0.3, 0.4) is 0 Å². The molecule has 0 spiro atoms. The van der Waals surface area contributed by atoms with E-state index < -0.39 is 5.97 Å². The topological polar surface area (TPSA) is 79.3 Å². The van der Waals surface area contributed by atoms with Crippen LogP contribution in [0, 0.1) is 0 Å². The average molecular weight is 259 g/mol. The van der Waals surface area contributed by atoms with Gasteiger partial charge in [0, 0.05) is 6.92 Å². The van der Waals surface area contributed by atoms with E-state index in [0.717, 1.165) is 0 Å². The fourth-order valence-electron chi connectivity index (χ4n) is 0.870. The average Bonchev–Trinajstić information content (AvgIpc) is 2.07. The van der Waals surface area contributed by atoms with Crippen molar-refractivity contribution in [3.05, 3.63) is 22.4 Å². The highest BCUT2D eigenvalue weighted by Crippen LogP contribution is 2.17. The number of hydrogen-bond donors (Lipinski definition) is 2. The van der Waals surface area contributed by atoms with E-state index in [1.807, 2.05) is 0 Å². The first-order valence-corrected chi connectivity index (χ1v) is 4.46. The van der Waals surface area contributed by atoms with E-state index in [0.29, 0.717) is 5.69 Å². The molecule has 0 saturated heterocycles. The minimum atomic E-state index is -1.10. The third-order valence-corrected chi connectivity index (χ3v) is 2.02. The molecule has 0 aliphatic heterocycles. The zero-order valence-electron chi connectivity index (χ0n) is 7.24. The predicted octanol–water partition coefficient (Wildman–Crippen LogP) is 1.50. The lowest BCUT2D eigenvalue weighted by atomic mass is 10.2. The van der Waals surface area contributed by atoms with Gasteiger partial charge in [-0.25, -0.2) is 9.78 Å². The zero-order valence-corrected chi connectivity index (χ0v) is 8.83. The van der Waals surface area contributed by atoms with Crippen LogP contribution in [-0.2, 0) is 4.79 Å². The standard InChI is InChI=1S/C8H7BrN2O3/c1-4(12)11-5-2-6(8(13)14)7(9)10-3-5/h2-3H,1H3,(H,11,12)(H,13,14). The van der Waals surface area contributed by atoms with Gasteiger partial charge >= 0.3 is 5.97 Å². The molecule has 2 N–H and O–H groups in total. The minimum Gasteiger partial charge on any atom is -0.478 e. The highest BCUT2D eigenvalue weighted by atomic mass is 79.9. The number of nitrogens with one attached hydrogen (secondary N) is 1.